The van der Waals surface area contributed by atoms with Crippen LogP contribution < -0.4 is 5.32 Å². The summed E-state index contributed by atoms with van der Waals surface area (Å²) in [5.74, 6) is -1.21. The molecule has 0 aromatic rings. The highest BCUT2D eigenvalue weighted by atomic mass is 16.7. The molecule has 8 unspecified atom stereocenters. The molecule has 1 saturated heterocycles. The van der Waals surface area contributed by atoms with Gasteiger partial charge in [0.05, 0.1) is 25.4 Å². The van der Waals surface area contributed by atoms with Crippen molar-refractivity contribution in [1.82, 2.24) is 5.32 Å². The van der Waals surface area contributed by atoms with Gasteiger partial charge in [-0.2, -0.15) is 0 Å². The third-order valence-corrected chi connectivity index (χ3v) is 17.0. The molecule has 6 N–H and O–H groups in total. The molecule has 11 nitrogen and oxygen atoms in total. The van der Waals surface area contributed by atoms with Gasteiger partial charge < -0.3 is 45.1 Å². The number of aliphatic hydroxyl groups is 5. The second-order valence-electron chi connectivity index (χ2n) is 25.3. The molecule has 0 aromatic heterocycles. The Hall–Kier alpha value is -3.42. The third kappa shape index (κ3) is 51.7. The van der Waals surface area contributed by atoms with E-state index in [2.05, 4.69) is 111 Å². The number of amides is 1. The second-order valence-corrected chi connectivity index (χ2v) is 25.3. The Kier molecular flexibility index (Phi) is 60.7. The molecule has 1 heterocycles. The first-order valence-electron chi connectivity index (χ1n) is 37.0. The Balaban J connectivity index is 2.58. The van der Waals surface area contributed by atoms with E-state index < -0.39 is 67.4 Å². The van der Waals surface area contributed by atoms with Crippen molar-refractivity contribution in [1.29, 1.82) is 0 Å². The van der Waals surface area contributed by atoms with Crippen LogP contribution in [0.15, 0.2) is 97.2 Å². The number of aliphatic hydroxyl groups excluding tert-OH is 5. The zero-order valence-corrected chi connectivity index (χ0v) is 57.3. The molecular formula is C78H137NO10. The number of unbranched alkanes of at least 4 members (excludes halogenated alkanes) is 35. The van der Waals surface area contributed by atoms with Crippen molar-refractivity contribution in [3.05, 3.63) is 97.2 Å². The van der Waals surface area contributed by atoms with E-state index in [1.54, 1.807) is 6.08 Å². The molecule has 1 aliphatic rings. The summed E-state index contributed by atoms with van der Waals surface area (Å²) in [6, 6.07) is -1.03. The quantitative estimate of drug-likeness (QED) is 0.0195. The fourth-order valence-corrected chi connectivity index (χ4v) is 11.1. The van der Waals surface area contributed by atoms with Crippen molar-refractivity contribution < 1.29 is 49.3 Å². The molecule has 1 amide bonds. The van der Waals surface area contributed by atoms with Gasteiger partial charge in [0.2, 0.25) is 5.91 Å². The Morgan fingerprint density at radius 3 is 1.18 bits per heavy atom. The van der Waals surface area contributed by atoms with E-state index in [0.717, 1.165) is 103 Å². The van der Waals surface area contributed by atoms with Crippen LogP contribution in [0.2, 0.25) is 0 Å². The standard InChI is InChI=1S/C78H137NO10/c1-4-7-10-13-16-19-22-25-27-29-31-33-34-35-36-37-39-40-42-44-47-50-53-56-59-62-65-71(82)77(86)79-69(70(81)64-61-58-55-52-49-46-24-21-18-15-12-9-6-3)68-87-78-76(75(85)74(84)72(67-80)88-78)89-73(83)66-63-60-57-54-51-48-45-43-41-38-32-30-28-26-23-20-17-14-11-8-5-2/h16-17,19-20,25-28,31-33,38,43,45,61,64,69-72,74-76,78,80-82,84-85H,4-15,18,21-24,29-30,34-37,39-42,44,46-60,62-63,65-68H2,1-3H3,(H,79,86)/b19-16-,20-17-,27-25-,28-26-,33-31-,38-32-,45-43-,64-61+. The number of hydrogen-bond donors (Lipinski definition) is 6. The van der Waals surface area contributed by atoms with E-state index in [9.17, 15) is 35.1 Å². The summed E-state index contributed by atoms with van der Waals surface area (Å²) < 4.78 is 17.7. The van der Waals surface area contributed by atoms with Crippen LogP contribution in [0, 0.1) is 0 Å². The zero-order valence-electron chi connectivity index (χ0n) is 57.3. The van der Waals surface area contributed by atoms with E-state index in [-0.39, 0.29) is 19.4 Å². The monoisotopic (exact) mass is 1250 g/mol. The van der Waals surface area contributed by atoms with Crippen molar-refractivity contribution in [2.24, 2.45) is 0 Å². The molecule has 8 atom stereocenters. The molecule has 0 radical (unpaired) electrons. The van der Waals surface area contributed by atoms with Crippen LogP contribution in [0.5, 0.6) is 0 Å². The van der Waals surface area contributed by atoms with Crippen LogP contribution in [0.25, 0.3) is 0 Å². The fourth-order valence-electron chi connectivity index (χ4n) is 11.1. The zero-order chi connectivity index (χ0) is 64.6. The van der Waals surface area contributed by atoms with Crippen molar-refractivity contribution in [3.8, 4) is 0 Å². The largest absolute Gasteiger partial charge is 0.454 e. The van der Waals surface area contributed by atoms with Gasteiger partial charge in [0, 0.05) is 6.42 Å². The van der Waals surface area contributed by atoms with E-state index >= 15 is 0 Å². The Labute approximate surface area is 546 Å². The van der Waals surface area contributed by atoms with Gasteiger partial charge >= 0.3 is 5.97 Å². The second kappa shape index (κ2) is 64.7. The molecule has 0 saturated carbocycles. The molecule has 0 spiro atoms. The normalized spacial score (nSPS) is 18.7. The van der Waals surface area contributed by atoms with E-state index in [4.69, 9.17) is 14.2 Å². The molecule has 1 aliphatic heterocycles. The summed E-state index contributed by atoms with van der Waals surface area (Å²) in [7, 11) is 0. The number of allylic oxidation sites excluding steroid dienone is 15. The average molecular weight is 1250 g/mol. The smallest absolute Gasteiger partial charge is 0.306 e. The van der Waals surface area contributed by atoms with Crippen LogP contribution >= 0.6 is 0 Å². The van der Waals surface area contributed by atoms with Crippen molar-refractivity contribution >= 4 is 11.9 Å². The van der Waals surface area contributed by atoms with E-state index in [0.29, 0.717) is 12.8 Å². The number of carbonyl (C=O) groups excluding carboxylic acids is 2. The number of rotatable bonds is 63. The molecule has 1 rings (SSSR count). The highest BCUT2D eigenvalue weighted by Crippen LogP contribution is 2.26. The summed E-state index contributed by atoms with van der Waals surface area (Å²) in [5, 5.41) is 57.3. The van der Waals surface area contributed by atoms with Crippen molar-refractivity contribution in [2.75, 3.05) is 13.2 Å². The van der Waals surface area contributed by atoms with Gasteiger partial charge in [-0.05, 0) is 109 Å². The van der Waals surface area contributed by atoms with Crippen LogP contribution in [-0.4, -0.2) is 99.6 Å². The Bertz CT molecular complexity index is 1820. The number of hydrogen-bond acceptors (Lipinski definition) is 10. The topological polar surface area (TPSA) is 175 Å². The summed E-state index contributed by atoms with van der Waals surface area (Å²) in [5.41, 5.74) is 0. The average Bonchev–Trinajstić information content (AvgIpc) is 2.24. The lowest BCUT2D eigenvalue weighted by molar-refractivity contribution is -0.305. The van der Waals surface area contributed by atoms with Gasteiger partial charge in [-0.3, -0.25) is 9.59 Å². The van der Waals surface area contributed by atoms with Crippen molar-refractivity contribution in [3.63, 3.8) is 0 Å². The molecule has 0 aromatic carbocycles. The minimum atomic E-state index is -1.63. The summed E-state index contributed by atoms with van der Waals surface area (Å²) in [4.78, 5) is 26.7. The maximum absolute atomic E-state index is 13.5. The van der Waals surface area contributed by atoms with Gasteiger partial charge in [0.15, 0.2) is 12.4 Å². The highest BCUT2D eigenvalue weighted by Gasteiger charge is 2.47. The molecule has 0 aliphatic carbocycles. The number of carbonyl (C=O) groups is 2. The predicted octanol–water partition coefficient (Wildman–Crippen LogP) is 19.4. The number of nitrogens with one attached hydrogen (secondary N) is 1. The minimum Gasteiger partial charge on any atom is -0.454 e. The lowest BCUT2D eigenvalue weighted by Crippen LogP contribution is -2.61. The van der Waals surface area contributed by atoms with Gasteiger partial charge in [0.25, 0.3) is 0 Å². The maximum Gasteiger partial charge on any atom is 0.306 e. The Morgan fingerprint density at radius 1 is 0.438 bits per heavy atom. The molecule has 0 bridgehead atoms. The fraction of sp³-hybridized carbons (Fsp3) is 0.769. The lowest BCUT2D eigenvalue weighted by atomic mass is 9.99. The first-order chi connectivity index (χ1) is 43.7. The lowest BCUT2D eigenvalue weighted by Gasteiger charge is -2.41. The molecule has 11 heteroatoms. The predicted molar refractivity (Wildman–Crippen MR) is 375 cm³/mol. The first-order valence-corrected chi connectivity index (χ1v) is 37.0. The van der Waals surface area contributed by atoms with Crippen LogP contribution in [-0.2, 0) is 23.8 Å². The number of esters is 1. The molecule has 1 fully saturated rings. The first kappa shape index (κ1) is 83.6. The molecule has 514 valence electrons. The third-order valence-electron chi connectivity index (χ3n) is 17.0. The molecular weight excluding hydrogens is 1110 g/mol. The van der Waals surface area contributed by atoms with Gasteiger partial charge in [-0.1, -0.05) is 304 Å². The summed E-state index contributed by atoms with van der Waals surface area (Å²) >= 11 is 0. The van der Waals surface area contributed by atoms with Crippen LogP contribution in [0.1, 0.15) is 323 Å². The van der Waals surface area contributed by atoms with Gasteiger partial charge in [-0.25, -0.2) is 0 Å². The van der Waals surface area contributed by atoms with Gasteiger partial charge in [-0.15, -0.1) is 0 Å². The summed E-state index contributed by atoms with van der Waals surface area (Å²) in [6.07, 6.45) is 77.2. The Morgan fingerprint density at radius 2 is 0.775 bits per heavy atom. The van der Waals surface area contributed by atoms with E-state index in [1.807, 2.05) is 6.08 Å². The molecule has 89 heavy (non-hydrogen) atoms. The van der Waals surface area contributed by atoms with Gasteiger partial charge in [0.1, 0.15) is 24.4 Å². The van der Waals surface area contributed by atoms with E-state index in [1.165, 1.54) is 173 Å². The SMILES string of the molecule is CCCCC/C=C\C/C=C\C/C=C\C/C=C\CCCCCCCC(=O)OC1C(OCC(NC(=O)C(O)CCCCCCCCCCCCCCC/C=C\C/C=C\C/C=C\CCCCC)C(O)/C=C/CCCCCCCCCCCCC)OC(CO)C(O)C1O. The highest BCUT2D eigenvalue weighted by molar-refractivity contribution is 5.80. The summed E-state index contributed by atoms with van der Waals surface area (Å²) in [6.45, 7) is 5.76. The minimum absolute atomic E-state index is 0.0994. The van der Waals surface area contributed by atoms with Crippen molar-refractivity contribution in [2.45, 2.75) is 372 Å². The van der Waals surface area contributed by atoms with Crippen LogP contribution in [0.3, 0.4) is 0 Å². The van der Waals surface area contributed by atoms with Crippen LogP contribution in [0.4, 0.5) is 0 Å². The number of ether oxygens (including phenoxy) is 3. The maximum atomic E-state index is 13.5.